The van der Waals surface area contributed by atoms with E-state index in [2.05, 4.69) is 22.2 Å². The Kier molecular flexibility index (Phi) is 5.06. The standard InChI is InChI=1S/C23H23N3O2/c1-3-16-13-24-15(2)25-22(16)18-8-6-9-19(11-18)23(27)26-20-12-17-7-4-5-10-21(17)28-14-20/h4-11,13,20H,3,12,14H2,1-2H3,(H,26,27)/t20-/m1/s1. The Morgan fingerprint density at radius 3 is 2.93 bits per heavy atom. The maximum Gasteiger partial charge on any atom is 0.251 e. The number of nitrogens with one attached hydrogen (secondary N) is 1. The molecule has 1 aliphatic rings. The minimum absolute atomic E-state index is 0.0430. The number of hydrogen-bond acceptors (Lipinski definition) is 4. The second-order valence-corrected chi connectivity index (χ2v) is 7.02. The van der Waals surface area contributed by atoms with E-state index in [1.165, 1.54) is 0 Å². The van der Waals surface area contributed by atoms with Crippen LogP contribution >= 0.6 is 0 Å². The van der Waals surface area contributed by atoms with Crippen molar-refractivity contribution in [2.24, 2.45) is 0 Å². The number of carbonyl (C=O) groups excluding carboxylic acids is 1. The summed E-state index contributed by atoms with van der Waals surface area (Å²) in [7, 11) is 0. The van der Waals surface area contributed by atoms with E-state index in [0.717, 1.165) is 46.8 Å². The number of nitrogens with zero attached hydrogens (tertiary/aromatic N) is 2. The molecule has 0 saturated heterocycles. The van der Waals surface area contributed by atoms with E-state index in [9.17, 15) is 4.79 Å². The molecule has 0 saturated carbocycles. The molecule has 1 amide bonds. The molecule has 2 aromatic carbocycles. The summed E-state index contributed by atoms with van der Waals surface area (Å²) >= 11 is 0. The summed E-state index contributed by atoms with van der Waals surface area (Å²) in [6.07, 6.45) is 3.47. The van der Waals surface area contributed by atoms with Crippen molar-refractivity contribution in [3.05, 3.63) is 77.2 Å². The average molecular weight is 373 g/mol. The SMILES string of the molecule is CCc1cnc(C)nc1-c1cccc(C(=O)N[C@H]2COc3ccccc3C2)c1. The Morgan fingerprint density at radius 2 is 2.07 bits per heavy atom. The monoisotopic (exact) mass is 373 g/mol. The molecule has 5 nitrogen and oxygen atoms in total. The minimum Gasteiger partial charge on any atom is -0.491 e. The predicted octanol–water partition coefficient (Wildman–Crippen LogP) is 3.75. The Bertz CT molecular complexity index is 1020. The van der Waals surface area contributed by atoms with Crippen molar-refractivity contribution in [1.29, 1.82) is 0 Å². The third kappa shape index (κ3) is 3.74. The summed E-state index contributed by atoms with van der Waals surface area (Å²) in [4.78, 5) is 21.7. The lowest BCUT2D eigenvalue weighted by atomic mass is 10.0. The van der Waals surface area contributed by atoms with Crippen molar-refractivity contribution < 1.29 is 9.53 Å². The van der Waals surface area contributed by atoms with Crippen LogP contribution < -0.4 is 10.1 Å². The first-order valence-electron chi connectivity index (χ1n) is 9.58. The summed E-state index contributed by atoms with van der Waals surface area (Å²) < 4.78 is 5.78. The first-order valence-corrected chi connectivity index (χ1v) is 9.58. The first kappa shape index (κ1) is 18.2. The van der Waals surface area contributed by atoms with E-state index in [1.54, 1.807) is 0 Å². The van der Waals surface area contributed by atoms with Gasteiger partial charge in [0.1, 0.15) is 18.2 Å². The van der Waals surface area contributed by atoms with E-state index >= 15 is 0 Å². The largest absolute Gasteiger partial charge is 0.491 e. The number of benzene rings is 2. The molecule has 142 valence electrons. The van der Waals surface area contributed by atoms with Gasteiger partial charge in [-0.2, -0.15) is 0 Å². The molecule has 28 heavy (non-hydrogen) atoms. The zero-order valence-corrected chi connectivity index (χ0v) is 16.1. The third-order valence-electron chi connectivity index (χ3n) is 4.98. The van der Waals surface area contributed by atoms with E-state index in [4.69, 9.17) is 4.74 Å². The Balaban J connectivity index is 1.54. The van der Waals surface area contributed by atoms with E-state index in [1.807, 2.05) is 61.7 Å². The van der Waals surface area contributed by atoms with Crippen molar-refractivity contribution in [3.8, 4) is 17.0 Å². The molecule has 0 spiro atoms. The fourth-order valence-corrected chi connectivity index (χ4v) is 3.50. The molecule has 1 atom stereocenters. The molecule has 5 heteroatoms. The van der Waals surface area contributed by atoms with Gasteiger partial charge in [0.2, 0.25) is 0 Å². The summed E-state index contributed by atoms with van der Waals surface area (Å²) in [6, 6.07) is 15.5. The molecule has 3 aromatic rings. The maximum atomic E-state index is 12.8. The van der Waals surface area contributed by atoms with E-state index < -0.39 is 0 Å². The predicted molar refractivity (Wildman–Crippen MR) is 108 cm³/mol. The molecule has 1 aliphatic heterocycles. The van der Waals surface area contributed by atoms with Gasteiger partial charge < -0.3 is 10.1 Å². The summed E-state index contributed by atoms with van der Waals surface area (Å²) in [5, 5.41) is 3.10. The van der Waals surface area contributed by atoms with Crippen molar-refractivity contribution in [3.63, 3.8) is 0 Å². The molecule has 0 unspecified atom stereocenters. The van der Waals surface area contributed by atoms with Crippen LogP contribution in [0.2, 0.25) is 0 Å². The molecule has 0 radical (unpaired) electrons. The lowest BCUT2D eigenvalue weighted by Crippen LogP contribution is -2.42. The van der Waals surface area contributed by atoms with Gasteiger partial charge in [0.15, 0.2) is 0 Å². The number of rotatable bonds is 4. The number of hydrogen-bond donors (Lipinski definition) is 1. The molecule has 4 rings (SSSR count). The lowest BCUT2D eigenvalue weighted by Gasteiger charge is -2.26. The van der Waals surface area contributed by atoms with Crippen LogP contribution in [0.5, 0.6) is 5.75 Å². The first-order chi connectivity index (χ1) is 13.6. The fraction of sp³-hybridized carbons (Fsp3) is 0.261. The third-order valence-corrected chi connectivity index (χ3v) is 4.98. The molecular formula is C23H23N3O2. The van der Waals surface area contributed by atoms with Gasteiger partial charge in [0.05, 0.1) is 11.7 Å². The smallest absolute Gasteiger partial charge is 0.251 e. The quantitative estimate of drug-likeness (QED) is 0.757. The molecular weight excluding hydrogens is 350 g/mol. The zero-order chi connectivity index (χ0) is 19.5. The minimum atomic E-state index is -0.0985. The molecule has 0 aliphatic carbocycles. The van der Waals surface area contributed by atoms with Crippen molar-refractivity contribution in [2.75, 3.05) is 6.61 Å². The fourth-order valence-electron chi connectivity index (χ4n) is 3.50. The Hall–Kier alpha value is -3.21. The van der Waals surface area contributed by atoms with Crippen LogP contribution in [0.3, 0.4) is 0 Å². The van der Waals surface area contributed by atoms with Crippen molar-refractivity contribution in [2.45, 2.75) is 32.7 Å². The molecule has 1 aromatic heterocycles. The molecule has 1 N–H and O–H groups in total. The van der Waals surface area contributed by atoms with Gasteiger partial charge in [-0.1, -0.05) is 37.3 Å². The van der Waals surface area contributed by atoms with E-state index in [-0.39, 0.29) is 11.9 Å². The normalized spacial score (nSPS) is 15.4. The van der Waals surface area contributed by atoms with Gasteiger partial charge in [-0.25, -0.2) is 9.97 Å². The maximum absolute atomic E-state index is 12.8. The van der Waals surface area contributed by atoms with Crippen molar-refractivity contribution in [1.82, 2.24) is 15.3 Å². The van der Waals surface area contributed by atoms with Crippen LogP contribution in [0.15, 0.2) is 54.7 Å². The molecule has 0 bridgehead atoms. The lowest BCUT2D eigenvalue weighted by molar-refractivity contribution is 0.0915. The number of para-hydroxylation sites is 1. The number of aryl methyl sites for hydroxylation is 2. The topological polar surface area (TPSA) is 64.1 Å². The Labute approximate surface area is 164 Å². The second kappa shape index (κ2) is 7.80. The highest BCUT2D eigenvalue weighted by atomic mass is 16.5. The zero-order valence-electron chi connectivity index (χ0n) is 16.1. The highest BCUT2D eigenvalue weighted by molar-refractivity contribution is 5.95. The number of ether oxygens (including phenoxy) is 1. The number of amides is 1. The number of fused-ring (bicyclic) bond motifs is 1. The van der Waals surface area contributed by atoms with Crippen LogP contribution in [0, 0.1) is 6.92 Å². The van der Waals surface area contributed by atoms with Gasteiger partial charge in [-0.15, -0.1) is 0 Å². The highest BCUT2D eigenvalue weighted by Crippen LogP contribution is 2.25. The van der Waals surface area contributed by atoms with Crippen LogP contribution in [-0.4, -0.2) is 28.5 Å². The van der Waals surface area contributed by atoms with Gasteiger partial charge in [-0.3, -0.25) is 4.79 Å². The molecule has 0 fully saturated rings. The number of aromatic nitrogens is 2. The average Bonchev–Trinajstić information content (AvgIpc) is 2.73. The van der Waals surface area contributed by atoms with Gasteiger partial charge in [-0.05, 0) is 49.1 Å². The van der Waals surface area contributed by atoms with Gasteiger partial charge >= 0.3 is 0 Å². The van der Waals surface area contributed by atoms with E-state index in [0.29, 0.717) is 12.2 Å². The Morgan fingerprint density at radius 1 is 1.21 bits per heavy atom. The van der Waals surface area contributed by atoms with Crippen LogP contribution in [0.1, 0.15) is 34.2 Å². The second-order valence-electron chi connectivity index (χ2n) is 7.02. The van der Waals surface area contributed by atoms with Gasteiger partial charge in [0, 0.05) is 17.3 Å². The highest BCUT2D eigenvalue weighted by Gasteiger charge is 2.22. The van der Waals surface area contributed by atoms with Crippen LogP contribution in [-0.2, 0) is 12.8 Å². The molecule has 2 heterocycles. The van der Waals surface area contributed by atoms with Crippen LogP contribution in [0.4, 0.5) is 0 Å². The number of carbonyl (C=O) groups is 1. The van der Waals surface area contributed by atoms with Crippen LogP contribution in [0.25, 0.3) is 11.3 Å². The summed E-state index contributed by atoms with van der Waals surface area (Å²) in [5.74, 6) is 1.53. The van der Waals surface area contributed by atoms with Gasteiger partial charge in [0.25, 0.3) is 5.91 Å². The summed E-state index contributed by atoms with van der Waals surface area (Å²) in [5.41, 5.74) is 4.63. The van der Waals surface area contributed by atoms with Crippen molar-refractivity contribution >= 4 is 5.91 Å². The summed E-state index contributed by atoms with van der Waals surface area (Å²) in [6.45, 7) is 4.43.